The van der Waals surface area contributed by atoms with Crippen molar-refractivity contribution >= 4 is 5.82 Å². The van der Waals surface area contributed by atoms with E-state index in [4.69, 9.17) is 10.5 Å². The number of halogens is 3. The van der Waals surface area contributed by atoms with Gasteiger partial charge in [0.1, 0.15) is 23.6 Å². The Balaban J connectivity index is 2.51. The van der Waals surface area contributed by atoms with Crippen LogP contribution in [0.3, 0.4) is 0 Å². The molecule has 7 nitrogen and oxygen atoms in total. The van der Waals surface area contributed by atoms with Gasteiger partial charge in [0.05, 0.1) is 6.10 Å². The molecule has 2 heterocycles. The van der Waals surface area contributed by atoms with Gasteiger partial charge in [0.2, 0.25) is 0 Å². The van der Waals surface area contributed by atoms with Crippen molar-refractivity contribution in [2.24, 2.45) is 0 Å². The lowest BCUT2D eigenvalue weighted by Gasteiger charge is -2.19. The Hall–Kier alpha value is -1.65. The molecule has 1 saturated heterocycles. The van der Waals surface area contributed by atoms with Gasteiger partial charge >= 0.3 is 11.9 Å². The fraction of sp³-hybridized carbons (Fsp3) is 0.600. The van der Waals surface area contributed by atoms with Gasteiger partial charge in [-0.15, -0.1) is 0 Å². The van der Waals surface area contributed by atoms with Crippen LogP contribution in [0.1, 0.15) is 18.7 Å². The molecule has 1 aliphatic rings. The monoisotopic (exact) mass is 295 g/mol. The molecule has 0 amide bonds. The average molecular weight is 295 g/mol. The van der Waals surface area contributed by atoms with Gasteiger partial charge in [-0.1, -0.05) is 0 Å². The number of aliphatic hydroxyl groups excluding tert-OH is 2. The molecule has 0 aliphatic carbocycles. The third-order valence-corrected chi connectivity index (χ3v) is 3.04. The van der Waals surface area contributed by atoms with Crippen molar-refractivity contribution in [3.8, 4) is 0 Å². The van der Waals surface area contributed by atoms with Crippen LogP contribution in [0, 0.1) is 0 Å². The minimum absolute atomic E-state index is 0.420. The zero-order valence-corrected chi connectivity index (χ0v) is 10.2. The van der Waals surface area contributed by atoms with E-state index in [1.54, 1.807) is 0 Å². The summed E-state index contributed by atoms with van der Waals surface area (Å²) < 4.78 is 43.7. The Morgan fingerprint density at radius 3 is 2.45 bits per heavy atom. The highest BCUT2D eigenvalue weighted by Gasteiger charge is 2.43. The highest BCUT2D eigenvalue weighted by molar-refractivity contribution is 5.39. The van der Waals surface area contributed by atoms with E-state index in [9.17, 15) is 28.2 Å². The molecule has 1 aromatic heterocycles. The predicted octanol–water partition coefficient (Wildman–Crippen LogP) is -0.517. The summed E-state index contributed by atoms with van der Waals surface area (Å²) in [5.74, 6) is -0.958. The van der Waals surface area contributed by atoms with Gasteiger partial charge in [0.15, 0.2) is 6.23 Å². The maximum Gasteiger partial charge on any atom is 0.421 e. The third kappa shape index (κ3) is 2.37. The first-order valence-electron chi connectivity index (χ1n) is 5.60. The normalized spacial score (nSPS) is 30.7. The zero-order chi connectivity index (χ0) is 15.2. The molecular formula is C10H12F3N3O4. The number of aromatic nitrogens is 2. The molecule has 2 rings (SSSR count). The van der Waals surface area contributed by atoms with Gasteiger partial charge in [-0.2, -0.15) is 18.2 Å². The minimum Gasteiger partial charge on any atom is -0.388 e. The van der Waals surface area contributed by atoms with Crippen LogP contribution in [-0.2, 0) is 10.9 Å². The number of hydrogen-bond acceptors (Lipinski definition) is 6. The summed E-state index contributed by atoms with van der Waals surface area (Å²) in [5.41, 5.74) is 2.64. The number of nitrogen functional groups attached to an aromatic ring is 1. The van der Waals surface area contributed by atoms with Crippen LogP contribution in [0.4, 0.5) is 19.0 Å². The van der Waals surface area contributed by atoms with Gasteiger partial charge < -0.3 is 20.7 Å². The fourth-order valence-electron chi connectivity index (χ4n) is 1.94. The molecule has 20 heavy (non-hydrogen) atoms. The van der Waals surface area contributed by atoms with E-state index >= 15 is 0 Å². The zero-order valence-electron chi connectivity index (χ0n) is 10.2. The first-order valence-corrected chi connectivity index (χ1v) is 5.60. The molecule has 1 aromatic rings. The molecule has 0 radical (unpaired) electrons. The van der Waals surface area contributed by atoms with E-state index in [-0.39, 0.29) is 0 Å². The quantitative estimate of drug-likeness (QED) is 0.643. The molecule has 0 saturated carbocycles. The standard InChI is InChI=1S/C10H12F3N3O4/c1-3-5(17)6(18)8(20-3)16-2-4(10(11,12)13)7(14)15-9(16)19/h2-3,5-6,8,17-18H,1H3,(H2,14,15,19)/t3-,5-,6-,8-/m1/s1. The Bertz CT molecular complexity index is 574. The van der Waals surface area contributed by atoms with E-state index in [2.05, 4.69) is 4.98 Å². The van der Waals surface area contributed by atoms with E-state index in [1.165, 1.54) is 6.92 Å². The summed E-state index contributed by atoms with van der Waals surface area (Å²) in [5, 5.41) is 19.2. The molecule has 112 valence electrons. The second-order valence-electron chi connectivity index (χ2n) is 4.44. The highest BCUT2D eigenvalue weighted by atomic mass is 19.4. The van der Waals surface area contributed by atoms with Crippen LogP contribution in [0.5, 0.6) is 0 Å². The van der Waals surface area contributed by atoms with E-state index in [0.717, 1.165) is 0 Å². The molecule has 0 bridgehead atoms. The predicted molar refractivity (Wildman–Crippen MR) is 59.5 cm³/mol. The van der Waals surface area contributed by atoms with Crippen molar-refractivity contribution in [3.05, 3.63) is 22.2 Å². The van der Waals surface area contributed by atoms with Gasteiger partial charge in [0.25, 0.3) is 0 Å². The maximum absolute atomic E-state index is 12.7. The molecule has 0 aromatic carbocycles. The first-order chi connectivity index (χ1) is 9.12. The largest absolute Gasteiger partial charge is 0.421 e. The minimum atomic E-state index is -4.81. The second kappa shape index (κ2) is 4.72. The van der Waals surface area contributed by atoms with Crippen LogP contribution >= 0.6 is 0 Å². The summed E-state index contributed by atoms with van der Waals surface area (Å²) in [6.07, 6.45) is -9.55. The molecule has 1 aliphatic heterocycles. The maximum atomic E-state index is 12.7. The molecule has 0 unspecified atom stereocenters. The number of nitrogens with zero attached hydrogens (tertiary/aromatic N) is 2. The smallest absolute Gasteiger partial charge is 0.388 e. The Labute approximate surface area is 110 Å². The molecular weight excluding hydrogens is 283 g/mol. The van der Waals surface area contributed by atoms with Crippen LogP contribution in [-0.4, -0.2) is 38.1 Å². The van der Waals surface area contributed by atoms with Crippen molar-refractivity contribution in [3.63, 3.8) is 0 Å². The van der Waals surface area contributed by atoms with Gasteiger partial charge in [0, 0.05) is 6.20 Å². The van der Waals surface area contributed by atoms with Crippen molar-refractivity contribution in [2.45, 2.75) is 37.6 Å². The fourth-order valence-corrected chi connectivity index (χ4v) is 1.94. The van der Waals surface area contributed by atoms with Crippen molar-refractivity contribution in [1.82, 2.24) is 9.55 Å². The van der Waals surface area contributed by atoms with Crippen molar-refractivity contribution in [1.29, 1.82) is 0 Å². The number of nitrogens with two attached hydrogens (primary N) is 1. The SMILES string of the molecule is C[C@H]1O[C@@H](n2cc(C(F)(F)F)c(N)nc2=O)[C@H](O)[C@@H]1O. The number of anilines is 1. The van der Waals surface area contributed by atoms with E-state index in [0.29, 0.717) is 10.8 Å². The van der Waals surface area contributed by atoms with Gasteiger partial charge in [-0.05, 0) is 6.92 Å². The van der Waals surface area contributed by atoms with Crippen molar-refractivity contribution < 1.29 is 28.1 Å². The second-order valence-corrected chi connectivity index (χ2v) is 4.44. The first kappa shape index (κ1) is 14.8. The van der Waals surface area contributed by atoms with Gasteiger partial charge in [-0.25, -0.2) is 4.79 Å². The Morgan fingerprint density at radius 2 is 2.00 bits per heavy atom. The topological polar surface area (TPSA) is 111 Å². The van der Waals surface area contributed by atoms with E-state index in [1.807, 2.05) is 0 Å². The molecule has 4 N–H and O–H groups in total. The van der Waals surface area contributed by atoms with Crippen LogP contribution in [0.25, 0.3) is 0 Å². The lowest BCUT2D eigenvalue weighted by molar-refractivity contribution is -0.138. The number of aliphatic hydroxyl groups is 2. The lowest BCUT2D eigenvalue weighted by Crippen LogP contribution is -2.36. The molecule has 1 fully saturated rings. The van der Waals surface area contributed by atoms with E-state index < -0.39 is 47.8 Å². The average Bonchev–Trinajstić information content (AvgIpc) is 2.55. The number of ether oxygens (including phenoxy) is 1. The lowest BCUT2D eigenvalue weighted by atomic mass is 10.1. The van der Waals surface area contributed by atoms with Crippen molar-refractivity contribution in [2.75, 3.05) is 5.73 Å². The van der Waals surface area contributed by atoms with Gasteiger partial charge in [-0.3, -0.25) is 4.57 Å². The summed E-state index contributed by atoms with van der Waals surface area (Å²) in [6.45, 7) is 1.41. The van der Waals surface area contributed by atoms with Crippen LogP contribution in [0.2, 0.25) is 0 Å². The summed E-state index contributed by atoms with van der Waals surface area (Å²) in [4.78, 5) is 14.7. The molecule has 10 heteroatoms. The summed E-state index contributed by atoms with van der Waals surface area (Å²) in [6, 6.07) is 0. The molecule has 4 atom stereocenters. The Kier molecular flexibility index (Phi) is 3.48. The van der Waals surface area contributed by atoms with Crippen LogP contribution < -0.4 is 11.4 Å². The number of rotatable bonds is 1. The Morgan fingerprint density at radius 1 is 1.40 bits per heavy atom. The summed E-state index contributed by atoms with van der Waals surface area (Å²) >= 11 is 0. The number of hydrogen-bond donors (Lipinski definition) is 3. The number of alkyl halides is 3. The molecule has 0 spiro atoms. The van der Waals surface area contributed by atoms with Crippen LogP contribution in [0.15, 0.2) is 11.0 Å². The third-order valence-electron chi connectivity index (χ3n) is 3.04. The highest BCUT2D eigenvalue weighted by Crippen LogP contribution is 2.34. The summed E-state index contributed by atoms with van der Waals surface area (Å²) in [7, 11) is 0.